The van der Waals surface area contributed by atoms with Crippen LogP contribution in [0.25, 0.3) is 0 Å². The highest BCUT2D eigenvalue weighted by Gasteiger charge is 2.11. The molecule has 0 N–H and O–H groups in total. The van der Waals surface area contributed by atoms with E-state index in [9.17, 15) is 4.79 Å². The minimum atomic E-state index is 0.177. The highest BCUT2D eigenvalue weighted by atomic mass is 32.2. The Morgan fingerprint density at radius 1 is 1.40 bits per heavy atom. The molecule has 0 aromatic heterocycles. The Hall–Kier alpha value is -0.740. The molecule has 0 fully saturated rings. The molecule has 4 heteroatoms. The first kappa shape index (κ1) is 10.8. The third-order valence-electron chi connectivity index (χ3n) is 1.98. The number of carbonyl (C=O) groups is 1. The summed E-state index contributed by atoms with van der Waals surface area (Å²) in [6, 6.07) is 9.40. The van der Waals surface area contributed by atoms with Crippen molar-refractivity contribution in [1.29, 1.82) is 0 Å². The van der Waals surface area contributed by atoms with Crippen LogP contribution in [-0.2, 0) is 0 Å². The first-order valence-electron chi connectivity index (χ1n) is 4.74. The quantitative estimate of drug-likeness (QED) is 0.757. The molecule has 0 atom stereocenters. The van der Waals surface area contributed by atoms with Crippen molar-refractivity contribution in [3.8, 4) is 0 Å². The second kappa shape index (κ2) is 5.37. The molecule has 2 nitrogen and oxygen atoms in total. The van der Waals surface area contributed by atoms with Crippen LogP contribution in [0.4, 0.5) is 0 Å². The van der Waals surface area contributed by atoms with Gasteiger partial charge in [0.2, 0.25) is 0 Å². The van der Waals surface area contributed by atoms with Crippen LogP contribution < -0.4 is 0 Å². The van der Waals surface area contributed by atoms with Gasteiger partial charge in [0.1, 0.15) is 4.38 Å². The predicted molar refractivity (Wildman–Crippen MR) is 68.0 cm³/mol. The van der Waals surface area contributed by atoms with Gasteiger partial charge in [-0.15, -0.1) is 0 Å². The smallest absolute Gasteiger partial charge is 0.173 e. The fraction of sp³-hybridized carbons (Fsp3) is 0.273. The second-order valence-corrected chi connectivity index (χ2v) is 5.38. The number of Topliss-reactive ketones (excluding diaryl/α,β-unsaturated/α-hetero) is 1. The van der Waals surface area contributed by atoms with Crippen molar-refractivity contribution < 1.29 is 4.79 Å². The molecule has 2 rings (SSSR count). The van der Waals surface area contributed by atoms with Gasteiger partial charge in [0, 0.05) is 11.3 Å². The molecular weight excluding hydrogens is 226 g/mol. The molecule has 0 unspecified atom stereocenters. The predicted octanol–water partition coefficient (Wildman–Crippen LogP) is 2.71. The zero-order valence-electron chi connectivity index (χ0n) is 8.18. The number of carbonyl (C=O) groups excluding carboxylic acids is 1. The number of benzene rings is 1. The molecule has 1 aliphatic heterocycles. The van der Waals surface area contributed by atoms with Crippen molar-refractivity contribution in [1.82, 2.24) is 0 Å². The third-order valence-corrected chi connectivity index (χ3v) is 4.23. The lowest BCUT2D eigenvalue weighted by Crippen LogP contribution is -2.03. The zero-order chi connectivity index (χ0) is 10.5. The summed E-state index contributed by atoms with van der Waals surface area (Å²) in [5, 5.41) is 0. The summed E-state index contributed by atoms with van der Waals surface area (Å²) < 4.78 is 1.05. The summed E-state index contributed by atoms with van der Waals surface area (Å²) in [4.78, 5) is 16.0. The zero-order valence-corrected chi connectivity index (χ0v) is 9.81. The summed E-state index contributed by atoms with van der Waals surface area (Å²) in [5.41, 5.74) is 0.786. The Balaban J connectivity index is 1.87. The van der Waals surface area contributed by atoms with Gasteiger partial charge in [-0.25, -0.2) is 0 Å². The second-order valence-electron chi connectivity index (χ2n) is 3.07. The van der Waals surface area contributed by atoms with Crippen molar-refractivity contribution in [3.63, 3.8) is 0 Å². The molecule has 0 bridgehead atoms. The Labute approximate surface area is 97.6 Å². The molecule has 0 radical (unpaired) electrons. The van der Waals surface area contributed by atoms with E-state index in [2.05, 4.69) is 4.99 Å². The van der Waals surface area contributed by atoms with Crippen molar-refractivity contribution in [2.75, 3.05) is 18.1 Å². The summed E-state index contributed by atoms with van der Waals surface area (Å²) >= 11 is 3.29. The summed E-state index contributed by atoms with van der Waals surface area (Å²) in [5.74, 6) is 1.73. The van der Waals surface area contributed by atoms with Crippen LogP contribution in [0.2, 0.25) is 0 Å². The Morgan fingerprint density at radius 2 is 2.20 bits per heavy atom. The van der Waals surface area contributed by atoms with Crippen LogP contribution in [-0.4, -0.2) is 28.2 Å². The molecule has 1 aromatic carbocycles. The van der Waals surface area contributed by atoms with E-state index in [0.717, 1.165) is 22.2 Å². The number of nitrogens with zero attached hydrogens (tertiary/aromatic N) is 1. The summed E-state index contributed by atoms with van der Waals surface area (Å²) in [7, 11) is 0. The monoisotopic (exact) mass is 237 g/mol. The van der Waals surface area contributed by atoms with E-state index >= 15 is 0 Å². The SMILES string of the molecule is O=C(CSC1=NCCS1)c1ccccc1. The number of hydrogen-bond acceptors (Lipinski definition) is 4. The van der Waals surface area contributed by atoms with Gasteiger partial charge in [-0.1, -0.05) is 53.9 Å². The molecule has 0 spiro atoms. The third kappa shape index (κ3) is 3.11. The highest BCUT2D eigenvalue weighted by molar-refractivity contribution is 8.39. The van der Waals surface area contributed by atoms with Gasteiger partial charge in [-0.3, -0.25) is 9.79 Å². The fourth-order valence-corrected chi connectivity index (χ4v) is 3.14. The van der Waals surface area contributed by atoms with Gasteiger partial charge < -0.3 is 0 Å². The molecule has 78 valence electrons. The lowest BCUT2D eigenvalue weighted by Gasteiger charge is -1.99. The Kier molecular flexibility index (Phi) is 3.86. The maximum Gasteiger partial charge on any atom is 0.173 e. The maximum atomic E-state index is 11.7. The lowest BCUT2D eigenvalue weighted by atomic mass is 10.2. The number of rotatable bonds is 3. The molecule has 0 saturated carbocycles. The number of hydrogen-bond donors (Lipinski definition) is 0. The standard InChI is InChI=1S/C11H11NOS2/c13-10(9-4-2-1-3-5-9)8-15-11-12-6-7-14-11/h1-5H,6-8H2. The van der Waals surface area contributed by atoms with E-state index in [0.29, 0.717) is 5.75 Å². The van der Waals surface area contributed by atoms with Crippen LogP contribution in [0, 0.1) is 0 Å². The van der Waals surface area contributed by atoms with Crippen LogP contribution in [0.5, 0.6) is 0 Å². The lowest BCUT2D eigenvalue weighted by molar-refractivity contribution is 0.102. The largest absolute Gasteiger partial charge is 0.293 e. The number of ketones is 1. The maximum absolute atomic E-state index is 11.7. The van der Waals surface area contributed by atoms with E-state index in [1.165, 1.54) is 0 Å². The molecule has 0 aliphatic carbocycles. The molecule has 1 aliphatic rings. The van der Waals surface area contributed by atoms with Gasteiger partial charge in [-0.2, -0.15) is 0 Å². The molecular formula is C11H11NOS2. The van der Waals surface area contributed by atoms with Gasteiger partial charge in [-0.05, 0) is 0 Å². The number of thioether (sulfide) groups is 2. The molecule has 0 amide bonds. The van der Waals surface area contributed by atoms with Crippen molar-refractivity contribution in [2.45, 2.75) is 0 Å². The normalized spacial score (nSPS) is 15.1. The van der Waals surface area contributed by atoms with Crippen molar-refractivity contribution in [2.24, 2.45) is 4.99 Å². The highest BCUT2D eigenvalue weighted by Crippen LogP contribution is 2.22. The average Bonchev–Trinajstić information content (AvgIpc) is 2.80. The minimum absolute atomic E-state index is 0.177. The Bertz CT molecular complexity index is 375. The van der Waals surface area contributed by atoms with Crippen LogP contribution >= 0.6 is 23.5 Å². The first-order chi connectivity index (χ1) is 7.36. The van der Waals surface area contributed by atoms with E-state index in [-0.39, 0.29) is 5.78 Å². The van der Waals surface area contributed by atoms with E-state index in [1.54, 1.807) is 23.5 Å². The number of aliphatic imine (C=N–C) groups is 1. The summed E-state index contributed by atoms with van der Waals surface area (Å²) in [6.07, 6.45) is 0. The van der Waals surface area contributed by atoms with Crippen molar-refractivity contribution >= 4 is 33.7 Å². The van der Waals surface area contributed by atoms with Gasteiger partial charge in [0.05, 0.1) is 12.3 Å². The fourth-order valence-electron chi connectivity index (χ4n) is 1.24. The molecule has 1 aromatic rings. The van der Waals surface area contributed by atoms with E-state index < -0.39 is 0 Å². The topological polar surface area (TPSA) is 29.4 Å². The van der Waals surface area contributed by atoms with Crippen molar-refractivity contribution in [3.05, 3.63) is 35.9 Å². The van der Waals surface area contributed by atoms with E-state index in [4.69, 9.17) is 0 Å². The molecule has 15 heavy (non-hydrogen) atoms. The summed E-state index contributed by atoms with van der Waals surface area (Å²) in [6.45, 7) is 0.895. The van der Waals surface area contributed by atoms with Gasteiger partial charge >= 0.3 is 0 Å². The minimum Gasteiger partial charge on any atom is -0.293 e. The van der Waals surface area contributed by atoms with E-state index in [1.807, 2.05) is 30.3 Å². The average molecular weight is 237 g/mol. The van der Waals surface area contributed by atoms with Gasteiger partial charge in [0.25, 0.3) is 0 Å². The Morgan fingerprint density at radius 3 is 2.87 bits per heavy atom. The van der Waals surface area contributed by atoms with Crippen LogP contribution in [0.3, 0.4) is 0 Å². The van der Waals surface area contributed by atoms with Crippen LogP contribution in [0.1, 0.15) is 10.4 Å². The van der Waals surface area contributed by atoms with Gasteiger partial charge in [0.15, 0.2) is 5.78 Å². The first-order valence-corrected chi connectivity index (χ1v) is 6.71. The van der Waals surface area contributed by atoms with Crippen LogP contribution in [0.15, 0.2) is 35.3 Å². The molecule has 0 saturated heterocycles. The molecule has 1 heterocycles.